The summed E-state index contributed by atoms with van der Waals surface area (Å²) in [6.07, 6.45) is 2.08. The van der Waals surface area contributed by atoms with Gasteiger partial charge in [0.2, 0.25) is 0 Å². The number of nitrogens with two attached hydrogens (primary N) is 1. The van der Waals surface area contributed by atoms with Crippen molar-refractivity contribution >= 4 is 0 Å². The standard InChI is InChI=1S/C15H22F2N2/c1-10-7-15(17)13(8-14(10)16)11(2)19-5-3-12(9-18)4-6-19/h7-8,11-12H,3-6,9,18H2,1-2H3. The zero-order valence-corrected chi connectivity index (χ0v) is 11.6. The van der Waals surface area contributed by atoms with Gasteiger partial charge in [-0.1, -0.05) is 0 Å². The predicted octanol–water partition coefficient (Wildman–Crippen LogP) is 3.00. The molecular weight excluding hydrogens is 246 g/mol. The number of rotatable bonds is 3. The molecule has 1 saturated heterocycles. The van der Waals surface area contributed by atoms with E-state index in [1.165, 1.54) is 12.1 Å². The fraction of sp³-hybridized carbons (Fsp3) is 0.600. The molecule has 0 radical (unpaired) electrons. The van der Waals surface area contributed by atoms with Crippen molar-refractivity contribution in [3.8, 4) is 0 Å². The molecule has 2 nitrogen and oxygen atoms in total. The normalized spacial score (nSPS) is 19.6. The van der Waals surface area contributed by atoms with Crippen LogP contribution in [-0.4, -0.2) is 24.5 Å². The van der Waals surface area contributed by atoms with Crippen molar-refractivity contribution in [2.75, 3.05) is 19.6 Å². The van der Waals surface area contributed by atoms with Gasteiger partial charge in [0.15, 0.2) is 0 Å². The van der Waals surface area contributed by atoms with Gasteiger partial charge < -0.3 is 5.73 Å². The molecule has 19 heavy (non-hydrogen) atoms. The first-order chi connectivity index (χ1) is 9.02. The Bertz CT molecular complexity index is 440. The fourth-order valence-electron chi connectivity index (χ4n) is 2.75. The summed E-state index contributed by atoms with van der Waals surface area (Å²) in [5, 5.41) is 0. The van der Waals surface area contributed by atoms with Crippen molar-refractivity contribution < 1.29 is 8.78 Å². The Kier molecular flexibility index (Phi) is 4.53. The fourth-order valence-corrected chi connectivity index (χ4v) is 2.75. The van der Waals surface area contributed by atoms with Gasteiger partial charge >= 0.3 is 0 Å². The molecular formula is C15H22F2N2. The minimum atomic E-state index is -0.333. The first-order valence-electron chi connectivity index (χ1n) is 6.92. The number of halogens is 2. The highest BCUT2D eigenvalue weighted by molar-refractivity contribution is 5.27. The summed E-state index contributed by atoms with van der Waals surface area (Å²) in [6.45, 7) is 6.04. The Hall–Kier alpha value is -1.00. The molecule has 106 valence electrons. The van der Waals surface area contributed by atoms with Crippen molar-refractivity contribution in [3.05, 3.63) is 34.9 Å². The maximum Gasteiger partial charge on any atom is 0.128 e. The van der Waals surface area contributed by atoms with Crippen LogP contribution in [0.1, 0.15) is 36.9 Å². The van der Waals surface area contributed by atoms with Crippen LogP contribution in [0.15, 0.2) is 12.1 Å². The first kappa shape index (κ1) is 14.4. The second kappa shape index (κ2) is 5.97. The maximum absolute atomic E-state index is 14.0. The lowest BCUT2D eigenvalue weighted by Gasteiger charge is -2.36. The molecule has 0 aliphatic carbocycles. The van der Waals surface area contributed by atoms with Gasteiger partial charge in [0, 0.05) is 11.6 Å². The van der Waals surface area contributed by atoms with Crippen LogP contribution in [-0.2, 0) is 0 Å². The van der Waals surface area contributed by atoms with E-state index in [1.807, 2.05) is 6.92 Å². The first-order valence-corrected chi connectivity index (χ1v) is 6.92. The van der Waals surface area contributed by atoms with Crippen LogP contribution in [0.5, 0.6) is 0 Å². The van der Waals surface area contributed by atoms with Crippen LogP contribution in [0.25, 0.3) is 0 Å². The predicted molar refractivity (Wildman–Crippen MR) is 72.9 cm³/mol. The zero-order valence-electron chi connectivity index (χ0n) is 11.6. The van der Waals surface area contributed by atoms with E-state index in [0.717, 1.165) is 32.5 Å². The summed E-state index contributed by atoms with van der Waals surface area (Å²) in [6, 6.07) is 2.53. The lowest BCUT2D eigenvalue weighted by atomic mass is 9.94. The molecule has 1 aliphatic rings. The number of nitrogens with zero attached hydrogens (tertiary/aromatic N) is 1. The van der Waals surface area contributed by atoms with Crippen molar-refractivity contribution in [1.82, 2.24) is 4.90 Å². The van der Waals surface area contributed by atoms with Crippen molar-refractivity contribution in [3.63, 3.8) is 0 Å². The summed E-state index contributed by atoms with van der Waals surface area (Å²) in [5.74, 6) is -0.0736. The van der Waals surface area contributed by atoms with Gasteiger partial charge in [-0.25, -0.2) is 8.78 Å². The van der Waals surface area contributed by atoms with Gasteiger partial charge in [0.05, 0.1) is 0 Å². The largest absolute Gasteiger partial charge is 0.330 e. The number of likely N-dealkylation sites (tertiary alicyclic amines) is 1. The summed E-state index contributed by atoms with van der Waals surface area (Å²) < 4.78 is 27.6. The van der Waals surface area contributed by atoms with Gasteiger partial charge in [-0.15, -0.1) is 0 Å². The van der Waals surface area contributed by atoms with Crippen LogP contribution >= 0.6 is 0 Å². The van der Waals surface area contributed by atoms with Gasteiger partial charge in [-0.05, 0) is 69.9 Å². The summed E-state index contributed by atoms with van der Waals surface area (Å²) >= 11 is 0. The van der Waals surface area contributed by atoms with Crippen LogP contribution in [0, 0.1) is 24.5 Å². The van der Waals surface area contributed by atoms with E-state index in [1.54, 1.807) is 6.92 Å². The average Bonchev–Trinajstić information content (AvgIpc) is 2.42. The van der Waals surface area contributed by atoms with E-state index in [2.05, 4.69) is 4.90 Å². The molecule has 1 aromatic rings. The lowest BCUT2D eigenvalue weighted by Crippen LogP contribution is -2.37. The summed E-state index contributed by atoms with van der Waals surface area (Å²) in [5.41, 5.74) is 6.48. The Labute approximate surface area is 113 Å². The average molecular weight is 268 g/mol. The molecule has 1 heterocycles. The zero-order chi connectivity index (χ0) is 14.0. The number of aryl methyl sites for hydroxylation is 1. The van der Waals surface area contributed by atoms with E-state index >= 15 is 0 Å². The quantitative estimate of drug-likeness (QED) is 0.913. The molecule has 1 unspecified atom stereocenters. The van der Waals surface area contributed by atoms with E-state index in [9.17, 15) is 8.78 Å². The number of hydrogen-bond donors (Lipinski definition) is 1. The second-order valence-electron chi connectivity index (χ2n) is 5.51. The monoisotopic (exact) mass is 268 g/mol. The van der Waals surface area contributed by atoms with E-state index < -0.39 is 0 Å². The Balaban J connectivity index is 2.12. The SMILES string of the molecule is Cc1cc(F)c(C(C)N2CCC(CN)CC2)cc1F. The smallest absolute Gasteiger partial charge is 0.128 e. The molecule has 4 heteroatoms. The number of hydrogen-bond acceptors (Lipinski definition) is 2. The van der Waals surface area contributed by atoms with Crippen molar-refractivity contribution in [1.29, 1.82) is 0 Å². The lowest BCUT2D eigenvalue weighted by molar-refractivity contribution is 0.141. The third-order valence-corrected chi connectivity index (χ3v) is 4.26. The van der Waals surface area contributed by atoms with E-state index in [4.69, 9.17) is 5.73 Å². The van der Waals surface area contributed by atoms with Crippen molar-refractivity contribution in [2.45, 2.75) is 32.7 Å². The highest BCUT2D eigenvalue weighted by Gasteiger charge is 2.25. The maximum atomic E-state index is 14.0. The molecule has 1 aliphatic heterocycles. The van der Waals surface area contributed by atoms with Gasteiger partial charge in [-0.3, -0.25) is 4.90 Å². The van der Waals surface area contributed by atoms with Crippen molar-refractivity contribution in [2.24, 2.45) is 11.7 Å². The van der Waals surface area contributed by atoms with Crippen LogP contribution in [0.2, 0.25) is 0 Å². The Morgan fingerprint density at radius 3 is 2.47 bits per heavy atom. The van der Waals surface area contributed by atoms with Crippen LogP contribution in [0.4, 0.5) is 8.78 Å². The number of benzene rings is 1. The summed E-state index contributed by atoms with van der Waals surface area (Å²) in [7, 11) is 0. The Morgan fingerprint density at radius 1 is 1.26 bits per heavy atom. The molecule has 1 aromatic carbocycles. The minimum Gasteiger partial charge on any atom is -0.330 e. The molecule has 1 fully saturated rings. The Morgan fingerprint density at radius 2 is 1.89 bits per heavy atom. The third kappa shape index (κ3) is 3.12. The molecule has 0 bridgehead atoms. The molecule has 0 amide bonds. The molecule has 0 saturated carbocycles. The molecule has 1 atom stereocenters. The molecule has 2 N–H and O–H groups in total. The second-order valence-corrected chi connectivity index (χ2v) is 5.51. The van der Waals surface area contributed by atoms with E-state index in [-0.39, 0.29) is 17.7 Å². The topological polar surface area (TPSA) is 29.3 Å². The van der Waals surface area contributed by atoms with E-state index in [0.29, 0.717) is 17.0 Å². The van der Waals surface area contributed by atoms with Gasteiger partial charge in [-0.2, -0.15) is 0 Å². The van der Waals surface area contributed by atoms with Crippen LogP contribution < -0.4 is 5.73 Å². The molecule has 0 spiro atoms. The number of piperidine rings is 1. The van der Waals surface area contributed by atoms with Gasteiger partial charge in [0.25, 0.3) is 0 Å². The highest BCUT2D eigenvalue weighted by Crippen LogP contribution is 2.29. The highest BCUT2D eigenvalue weighted by atomic mass is 19.1. The third-order valence-electron chi connectivity index (χ3n) is 4.26. The summed E-state index contributed by atoms with van der Waals surface area (Å²) in [4.78, 5) is 2.21. The molecule has 2 rings (SSSR count). The molecule has 0 aromatic heterocycles. The van der Waals surface area contributed by atoms with Gasteiger partial charge in [0.1, 0.15) is 11.6 Å². The minimum absolute atomic E-state index is 0.0891. The van der Waals surface area contributed by atoms with Crippen LogP contribution in [0.3, 0.4) is 0 Å².